The molecule has 2 heterocycles. The van der Waals surface area contributed by atoms with Crippen molar-refractivity contribution in [3.63, 3.8) is 0 Å². The number of nitrogens with zero attached hydrogens (tertiary/aromatic N) is 4. The van der Waals surface area contributed by atoms with Gasteiger partial charge in [-0.25, -0.2) is 0 Å². The largest absolute Gasteiger partial charge is 0.262 e. The predicted octanol–water partition coefficient (Wildman–Crippen LogP) is -0.778. The summed E-state index contributed by atoms with van der Waals surface area (Å²) < 4.78 is 8.22. The van der Waals surface area contributed by atoms with Crippen molar-refractivity contribution in [2.45, 2.75) is 0 Å². The molecule has 0 bridgehead atoms. The van der Waals surface area contributed by atoms with Crippen LogP contribution in [0.1, 0.15) is 0 Å². The molecule has 0 unspecified atom stereocenters. The zero-order valence-corrected chi connectivity index (χ0v) is 8.32. The lowest BCUT2D eigenvalue weighted by molar-refractivity contribution is 1.39. The average molecular weight is 208 g/mol. The number of rotatable bonds is 0. The molecular weight excluding hydrogens is 206 g/mol. The number of hydrogen-bond acceptors (Lipinski definition) is 5. The van der Waals surface area contributed by atoms with E-state index < -0.39 is 0 Å². The summed E-state index contributed by atoms with van der Waals surface area (Å²) in [5, 5.41) is 0. The van der Waals surface area contributed by atoms with Gasteiger partial charge in [0, 0.05) is 0 Å². The van der Waals surface area contributed by atoms with Crippen molar-refractivity contribution < 1.29 is 0 Å². The van der Waals surface area contributed by atoms with Crippen molar-refractivity contribution >= 4 is 60.7 Å². The molecule has 7 heteroatoms. The minimum Gasteiger partial charge on any atom is -0.262 e. The van der Waals surface area contributed by atoms with Crippen molar-refractivity contribution in [3.8, 4) is 0 Å². The maximum Gasteiger partial charge on any atom is 0.143 e. The van der Waals surface area contributed by atoms with Gasteiger partial charge in [0.05, 0.1) is 22.8 Å². The molecule has 0 N–H and O–H groups in total. The van der Waals surface area contributed by atoms with Gasteiger partial charge in [-0.3, -0.25) is 9.97 Å². The van der Waals surface area contributed by atoms with E-state index >= 15 is 0 Å². The highest BCUT2D eigenvalue weighted by Crippen LogP contribution is 2.16. The summed E-state index contributed by atoms with van der Waals surface area (Å²) in [6.07, 6.45) is 0. The predicted molar refractivity (Wildman–Crippen MR) is 61.3 cm³/mol. The third kappa shape index (κ3) is 1.31. The van der Waals surface area contributed by atoms with E-state index in [0.29, 0.717) is 11.0 Å². The van der Waals surface area contributed by atoms with Crippen LogP contribution < -0.4 is 11.2 Å². The Morgan fingerprint density at radius 2 is 1.27 bits per heavy atom. The molecule has 4 radical (unpaired) electrons. The molecule has 0 amide bonds. The van der Waals surface area contributed by atoms with E-state index in [9.17, 15) is 0 Å². The summed E-state index contributed by atoms with van der Waals surface area (Å²) in [5.74, 6) is 0. The number of benzene rings is 1. The second-order valence-electron chi connectivity index (χ2n) is 3.09. The van der Waals surface area contributed by atoms with Crippen LogP contribution in [0.4, 0.5) is 0 Å². The third-order valence-electron chi connectivity index (χ3n) is 2.09. The van der Waals surface area contributed by atoms with E-state index in [0.717, 1.165) is 22.8 Å². The lowest BCUT2D eigenvalue weighted by Crippen LogP contribution is -2.31. The first-order valence-electron chi connectivity index (χ1n) is 4.19. The van der Waals surface area contributed by atoms with Crippen molar-refractivity contribution in [1.82, 2.24) is 18.7 Å². The summed E-state index contributed by atoms with van der Waals surface area (Å²) in [4.78, 5) is 8.26. The van der Waals surface area contributed by atoms with Crippen molar-refractivity contribution in [2.75, 3.05) is 0 Å². The summed E-state index contributed by atoms with van der Waals surface area (Å²) in [5.41, 5.74) is 3.44. The molecule has 0 atom stereocenters. The average Bonchev–Trinajstić information content (AvgIpc) is 2.63. The Balaban J connectivity index is 2.49. The van der Waals surface area contributed by atoms with Gasteiger partial charge in [-0.1, -0.05) is 0 Å². The Hall–Kier alpha value is -1.49. The maximum absolute atomic E-state index is 5.57. The molecule has 0 fully saturated rings. The highest BCUT2D eigenvalue weighted by atomic mass is 32.1. The Bertz CT molecular complexity index is 611. The Morgan fingerprint density at radius 3 is 1.73 bits per heavy atom. The van der Waals surface area contributed by atoms with E-state index in [-0.39, 0.29) is 11.2 Å². The molecule has 0 saturated heterocycles. The van der Waals surface area contributed by atoms with Crippen molar-refractivity contribution in [2.24, 2.45) is 0 Å². The van der Waals surface area contributed by atoms with E-state index in [1.54, 1.807) is 12.1 Å². The lowest BCUT2D eigenvalue weighted by atomic mass is 9.90. The Morgan fingerprint density at radius 1 is 0.800 bits per heavy atom. The smallest absolute Gasteiger partial charge is 0.143 e. The van der Waals surface area contributed by atoms with Gasteiger partial charge in [-0.05, 0) is 23.3 Å². The molecule has 0 spiro atoms. The highest BCUT2D eigenvalue weighted by molar-refractivity contribution is 7.00. The maximum atomic E-state index is 5.57. The highest BCUT2D eigenvalue weighted by Gasteiger charge is 2.05. The lowest BCUT2D eigenvalue weighted by Gasteiger charge is -2.02. The second-order valence-corrected chi connectivity index (χ2v) is 3.62. The van der Waals surface area contributed by atoms with Crippen molar-refractivity contribution in [3.05, 3.63) is 12.1 Å². The number of aromatic nitrogens is 4. The van der Waals surface area contributed by atoms with E-state index in [2.05, 4.69) is 18.7 Å². The summed E-state index contributed by atoms with van der Waals surface area (Å²) in [7, 11) is 11.1. The van der Waals surface area contributed by atoms with Gasteiger partial charge in [-0.15, -0.1) is 0 Å². The minimum atomic E-state index is 0.241. The molecule has 3 rings (SSSR count). The quantitative estimate of drug-likeness (QED) is 0.454. The first-order chi connectivity index (χ1) is 7.24. The number of hydrogen-bond donors (Lipinski definition) is 0. The standard InChI is InChI=1S/C8H2B2N4S/c9-7-8(10)12-4-2-6-5(13-15-14-6)1-3(4)11-7/h1-2H. The van der Waals surface area contributed by atoms with Crippen LogP contribution >= 0.6 is 11.7 Å². The fraction of sp³-hybridized carbons (Fsp3) is 0. The summed E-state index contributed by atoms with van der Waals surface area (Å²) >= 11 is 1.15. The van der Waals surface area contributed by atoms with E-state index in [1.807, 2.05) is 0 Å². The molecule has 4 nitrogen and oxygen atoms in total. The molecule has 0 aliphatic heterocycles. The van der Waals surface area contributed by atoms with Crippen LogP contribution in [0.15, 0.2) is 12.1 Å². The van der Waals surface area contributed by atoms with Gasteiger partial charge in [0.2, 0.25) is 0 Å². The topological polar surface area (TPSA) is 51.6 Å². The molecule has 3 aromatic rings. The van der Waals surface area contributed by atoms with Gasteiger partial charge >= 0.3 is 0 Å². The van der Waals surface area contributed by atoms with Gasteiger partial charge in [0.15, 0.2) is 0 Å². The first kappa shape index (κ1) is 8.79. The van der Waals surface area contributed by atoms with Crippen LogP contribution in [0, 0.1) is 0 Å². The molecule has 0 aliphatic carbocycles. The van der Waals surface area contributed by atoms with Crippen LogP contribution in [0.5, 0.6) is 0 Å². The molecule has 0 aliphatic rings. The molecular formula is C8H2B2N4S. The zero-order valence-electron chi connectivity index (χ0n) is 7.51. The Labute approximate surface area is 91.9 Å². The zero-order chi connectivity index (χ0) is 10.4. The van der Waals surface area contributed by atoms with Crippen LogP contribution in [-0.4, -0.2) is 34.4 Å². The molecule has 2 aromatic heterocycles. The van der Waals surface area contributed by atoms with Crippen LogP contribution in [0.3, 0.4) is 0 Å². The third-order valence-corrected chi connectivity index (χ3v) is 2.65. The fourth-order valence-electron chi connectivity index (χ4n) is 1.36. The van der Waals surface area contributed by atoms with E-state index in [4.69, 9.17) is 15.7 Å². The molecule has 1 aromatic carbocycles. The summed E-state index contributed by atoms with van der Waals surface area (Å²) in [6.45, 7) is 0. The van der Waals surface area contributed by atoms with Crippen LogP contribution in [0.2, 0.25) is 0 Å². The minimum absolute atomic E-state index is 0.241. The normalized spacial score (nSPS) is 11.2. The first-order valence-corrected chi connectivity index (χ1v) is 4.92. The van der Waals surface area contributed by atoms with Crippen molar-refractivity contribution in [1.29, 1.82) is 0 Å². The van der Waals surface area contributed by atoms with Gasteiger partial charge in [-0.2, -0.15) is 8.75 Å². The molecule has 15 heavy (non-hydrogen) atoms. The van der Waals surface area contributed by atoms with Gasteiger partial charge in [0.25, 0.3) is 0 Å². The van der Waals surface area contributed by atoms with Crippen LogP contribution in [0.25, 0.3) is 22.1 Å². The van der Waals surface area contributed by atoms with Gasteiger partial charge < -0.3 is 0 Å². The Kier molecular flexibility index (Phi) is 1.76. The summed E-state index contributed by atoms with van der Waals surface area (Å²) in [6, 6.07) is 3.61. The molecule has 0 saturated carbocycles. The fourth-order valence-corrected chi connectivity index (χ4v) is 1.87. The van der Waals surface area contributed by atoms with Crippen LogP contribution in [-0.2, 0) is 0 Å². The van der Waals surface area contributed by atoms with E-state index in [1.165, 1.54) is 0 Å². The monoisotopic (exact) mass is 208 g/mol. The second kappa shape index (κ2) is 3.00. The number of fused-ring (bicyclic) bond motifs is 2. The molecule has 66 valence electrons. The van der Waals surface area contributed by atoms with Gasteiger partial charge in [0.1, 0.15) is 26.7 Å². The SMILES string of the molecule is [B]c1nc2cc3nsnc3cc2nc1[B].